The Balaban J connectivity index is 2.28. The van der Waals surface area contributed by atoms with E-state index in [2.05, 4.69) is 4.74 Å². The molecule has 7 heteroatoms. The number of esters is 1. The van der Waals surface area contributed by atoms with Gasteiger partial charge < -0.3 is 14.6 Å². The number of carbonyl (C=O) groups is 2. The van der Waals surface area contributed by atoms with Crippen molar-refractivity contribution >= 4 is 11.9 Å². The molecule has 1 N–H and O–H groups in total. The first-order valence-electron chi connectivity index (χ1n) is 5.04. The normalized spacial score (nSPS) is 18.6. The minimum Gasteiger partial charge on any atom is -0.478 e. The number of benzene rings is 1. The van der Waals surface area contributed by atoms with E-state index >= 15 is 0 Å². The van der Waals surface area contributed by atoms with Gasteiger partial charge in [0.25, 0.3) is 0 Å². The van der Waals surface area contributed by atoms with Crippen molar-refractivity contribution in [1.82, 2.24) is 0 Å². The maximum atomic E-state index is 13.5. The van der Waals surface area contributed by atoms with E-state index in [1.165, 1.54) is 0 Å². The van der Waals surface area contributed by atoms with Gasteiger partial charge in [-0.15, -0.1) is 0 Å². The Morgan fingerprint density at radius 2 is 2.00 bits per heavy atom. The first kappa shape index (κ1) is 12.3. The van der Waals surface area contributed by atoms with Gasteiger partial charge in [0.2, 0.25) is 0 Å². The van der Waals surface area contributed by atoms with Crippen LogP contribution in [0.15, 0.2) is 12.1 Å². The summed E-state index contributed by atoms with van der Waals surface area (Å²) in [5.41, 5.74) is -0.536. The minimum absolute atomic E-state index is 0.125. The van der Waals surface area contributed by atoms with Gasteiger partial charge in [-0.25, -0.2) is 18.4 Å². The fourth-order valence-electron chi connectivity index (χ4n) is 1.52. The number of ether oxygens (including phenoxy) is 2. The van der Waals surface area contributed by atoms with Crippen molar-refractivity contribution in [3.8, 4) is 5.75 Å². The standard InChI is InChI=1S/C11H8F2O5/c12-6-3-5(10(14)15)4-7(13)9(6)18-8-1-2-17-11(8)16/h3-4,8H,1-2H2,(H,14,15). The molecule has 0 bridgehead atoms. The average Bonchev–Trinajstić information content (AvgIpc) is 2.69. The summed E-state index contributed by atoms with van der Waals surface area (Å²) >= 11 is 0. The lowest BCUT2D eigenvalue weighted by molar-refractivity contribution is -0.143. The predicted octanol–water partition coefficient (Wildman–Crippen LogP) is 1.36. The maximum absolute atomic E-state index is 13.5. The van der Waals surface area contributed by atoms with Crippen LogP contribution < -0.4 is 4.74 Å². The lowest BCUT2D eigenvalue weighted by Gasteiger charge is -2.11. The Hall–Kier alpha value is -2.18. The van der Waals surface area contributed by atoms with E-state index in [9.17, 15) is 18.4 Å². The summed E-state index contributed by atoms with van der Waals surface area (Å²) in [6, 6.07) is 1.25. The van der Waals surface area contributed by atoms with Gasteiger partial charge in [0.1, 0.15) is 0 Å². The van der Waals surface area contributed by atoms with Gasteiger partial charge in [0.15, 0.2) is 23.5 Å². The number of hydrogen-bond acceptors (Lipinski definition) is 4. The van der Waals surface area contributed by atoms with E-state index in [0.717, 1.165) is 0 Å². The molecule has 0 amide bonds. The largest absolute Gasteiger partial charge is 0.478 e. The first-order chi connectivity index (χ1) is 8.49. The second-order valence-corrected chi connectivity index (χ2v) is 3.64. The molecular weight excluding hydrogens is 250 g/mol. The van der Waals surface area contributed by atoms with Gasteiger partial charge >= 0.3 is 11.9 Å². The van der Waals surface area contributed by atoms with Crippen molar-refractivity contribution in [2.45, 2.75) is 12.5 Å². The van der Waals surface area contributed by atoms with Gasteiger partial charge in [-0.1, -0.05) is 0 Å². The molecule has 0 radical (unpaired) electrons. The average molecular weight is 258 g/mol. The lowest BCUT2D eigenvalue weighted by atomic mass is 10.2. The van der Waals surface area contributed by atoms with Crippen molar-refractivity contribution in [2.24, 2.45) is 0 Å². The summed E-state index contributed by atoms with van der Waals surface area (Å²) in [6.07, 6.45) is -0.872. The quantitative estimate of drug-likeness (QED) is 0.828. The van der Waals surface area contributed by atoms with Gasteiger partial charge in [-0.3, -0.25) is 0 Å². The lowest BCUT2D eigenvalue weighted by Crippen LogP contribution is -2.23. The third-order valence-corrected chi connectivity index (χ3v) is 2.39. The highest BCUT2D eigenvalue weighted by molar-refractivity contribution is 5.87. The third-order valence-electron chi connectivity index (χ3n) is 2.39. The zero-order valence-corrected chi connectivity index (χ0v) is 8.98. The van der Waals surface area contributed by atoms with Crippen LogP contribution in [0, 0.1) is 11.6 Å². The van der Waals surface area contributed by atoms with E-state index < -0.39 is 41.0 Å². The number of rotatable bonds is 3. The number of carbonyl (C=O) groups excluding carboxylic acids is 1. The third kappa shape index (κ3) is 2.24. The molecule has 1 atom stereocenters. The molecule has 0 spiro atoms. The molecule has 5 nitrogen and oxygen atoms in total. The number of hydrogen-bond donors (Lipinski definition) is 1. The highest BCUT2D eigenvalue weighted by Crippen LogP contribution is 2.26. The summed E-state index contributed by atoms with van der Waals surface area (Å²) < 4.78 is 36.4. The number of carboxylic acid groups (broad SMARTS) is 1. The van der Waals surface area contributed by atoms with Crippen molar-refractivity contribution in [3.05, 3.63) is 29.3 Å². The van der Waals surface area contributed by atoms with E-state index in [4.69, 9.17) is 9.84 Å². The Labute approximate surface area is 99.9 Å². The van der Waals surface area contributed by atoms with E-state index in [1.54, 1.807) is 0 Å². The van der Waals surface area contributed by atoms with Gasteiger partial charge in [0, 0.05) is 6.42 Å². The maximum Gasteiger partial charge on any atom is 0.347 e. The fourth-order valence-corrected chi connectivity index (χ4v) is 1.52. The molecule has 1 aliphatic rings. The summed E-state index contributed by atoms with van der Waals surface area (Å²) in [7, 11) is 0. The predicted molar refractivity (Wildman–Crippen MR) is 53.3 cm³/mol. The molecule has 0 aromatic heterocycles. The van der Waals surface area contributed by atoms with Crippen LogP contribution in [0.2, 0.25) is 0 Å². The van der Waals surface area contributed by atoms with Crippen molar-refractivity contribution in [2.75, 3.05) is 6.61 Å². The van der Waals surface area contributed by atoms with Crippen LogP contribution in [0.4, 0.5) is 8.78 Å². The van der Waals surface area contributed by atoms with Crippen molar-refractivity contribution < 1.29 is 33.0 Å². The zero-order chi connectivity index (χ0) is 13.3. The van der Waals surface area contributed by atoms with Crippen molar-refractivity contribution in [3.63, 3.8) is 0 Å². The van der Waals surface area contributed by atoms with Crippen LogP contribution in [-0.4, -0.2) is 29.8 Å². The van der Waals surface area contributed by atoms with Crippen LogP contribution in [0.5, 0.6) is 5.75 Å². The van der Waals surface area contributed by atoms with Crippen LogP contribution in [0.3, 0.4) is 0 Å². The topological polar surface area (TPSA) is 72.8 Å². The molecule has 1 saturated heterocycles. The Bertz CT molecular complexity index is 491. The second kappa shape index (κ2) is 4.59. The van der Waals surface area contributed by atoms with Crippen molar-refractivity contribution in [1.29, 1.82) is 0 Å². The monoisotopic (exact) mass is 258 g/mol. The number of cyclic esters (lactones) is 1. The number of carboxylic acids is 1. The molecule has 96 valence electrons. The zero-order valence-electron chi connectivity index (χ0n) is 8.98. The summed E-state index contributed by atoms with van der Waals surface area (Å²) in [4.78, 5) is 21.7. The summed E-state index contributed by atoms with van der Waals surface area (Å²) in [5, 5.41) is 8.60. The molecule has 0 saturated carbocycles. The second-order valence-electron chi connectivity index (χ2n) is 3.64. The molecule has 2 rings (SSSR count). The van der Waals surface area contributed by atoms with Crippen LogP contribution in [0.25, 0.3) is 0 Å². The molecule has 0 aliphatic carbocycles. The van der Waals surface area contributed by atoms with Crippen LogP contribution >= 0.6 is 0 Å². The molecule has 1 aromatic rings. The van der Waals surface area contributed by atoms with E-state index in [0.29, 0.717) is 12.1 Å². The first-order valence-corrected chi connectivity index (χ1v) is 5.04. The molecule has 18 heavy (non-hydrogen) atoms. The highest BCUT2D eigenvalue weighted by atomic mass is 19.1. The number of aromatic carboxylic acids is 1. The highest BCUT2D eigenvalue weighted by Gasteiger charge is 2.30. The smallest absolute Gasteiger partial charge is 0.347 e. The van der Waals surface area contributed by atoms with Crippen LogP contribution in [-0.2, 0) is 9.53 Å². The van der Waals surface area contributed by atoms with Gasteiger partial charge in [-0.05, 0) is 12.1 Å². The molecule has 1 fully saturated rings. The molecular formula is C11H8F2O5. The molecule has 1 unspecified atom stereocenters. The number of halogens is 2. The van der Waals surface area contributed by atoms with Gasteiger partial charge in [0.05, 0.1) is 12.2 Å². The summed E-state index contributed by atoms with van der Waals surface area (Å²) in [5.74, 6) is -5.28. The fraction of sp³-hybridized carbons (Fsp3) is 0.273. The van der Waals surface area contributed by atoms with Gasteiger partial charge in [-0.2, -0.15) is 0 Å². The Morgan fingerprint density at radius 3 is 2.44 bits per heavy atom. The molecule has 1 aliphatic heterocycles. The Kier molecular flexibility index (Phi) is 3.14. The van der Waals surface area contributed by atoms with Crippen LogP contribution in [0.1, 0.15) is 16.8 Å². The summed E-state index contributed by atoms with van der Waals surface area (Å²) in [6.45, 7) is 0.125. The Morgan fingerprint density at radius 1 is 1.39 bits per heavy atom. The molecule has 1 heterocycles. The van der Waals surface area contributed by atoms with E-state index in [-0.39, 0.29) is 13.0 Å². The SMILES string of the molecule is O=C(O)c1cc(F)c(OC2CCOC2=O)c(F)c1. The molecule has 1 aromatic carbocycles. The minimum atomic E-state index is -1.46. The van der Waals surface area contributed by atoms with E-state index in [1.807, 2.05) is 0 Å².